The van der Waals surface area contributed by atoms with Gasteiger partial charge in [0.15, 0.2) is 0 Å². The Labute approximate surface area is 93.0 Å². The monoisotopic (exact) mass is 230 g/mol. The second-order valence-electron chi connectivity index (χ2n) is 2.73. The Bertz CT molecular complexity index is 223. The lowest BCUT2D eigenvalue weighted by Crippen LogP contribution is -1.87. The van der Waals surface area contributed by atoms with E-state index in [0.717, 1.165) is 0 Å². The first-order chi connectivity index (χ1) is 7.20. The van der Waals surface area contributed by atoms with Gasteiger partial charge in [-0.05, 0) is 20.8 Å². The summed E-state index contributed by atoms with van der Waals surface area (Å²) in [4.78, 5) is 8.67. The Balaban J connectivity index is 0.000000262. The zero-order valence-electron chi connectivity index (χ0n) is 9.51. The summed E-state index contributed by atoms with van der Waals surface area (Å²) in [5, 5.41) is 0. The molecule has 0 aromatic heterocycles. The minimum Gasteiger partial charge on any atom is -0.328 e. The van der Waals surface area contributed by atoms with Crippen molar-refractivity contribution in [3.05, 3.63) is 35.9 Å². The number of rotatable bonds is 4. The molecule has 4 heteroatoms. The Hall–Kier alpha value is -0.470. The van der Waals surface area contributed by atoms with Crippen LogP contribution >= 0.6 is 8.60 Å². The molecule has 0 aliphatic rings. The maximum absolute atomic E-state index is 8.67. The van der Waals surface area contributed by atoms with Crippen LogP contribution in [0.1, 0.15) is 19.4 Å². The van der Waals surface area contributed by atoms with Crippen LogP contribution in [0.25, 0.3) is 0 Å². The van der Waals surface area contributed by atoms with E-state index < -0.39 is 8.60 Å². The molecule has 0 saturated carbocycles. The fourth-order valence-corrected chi connectivity index (χ4v) is 1.31. The standard InChI is InChI=1S/C7H8.C4H11O3P/c1-7-5-3-2-4-6-7;1-3-6-8(5)7-4-2/h2-6H,1H3;5H,3-4H2,1-2H3. The topological polar surface area (TPSA) is 38.7 Å². The van der Waals surface area contributed by atoms with E-state index in [0.29, 0.717) is 13.2 Å². The number of aryl methyl sites for hydroxylation is 1. The average Bonchev–Trinajstić information content (AvgIpc) is 2.20. The van der Waals surface area contributed by atoms with Crippen molar-refractivity contribution >= 4 is 8.60 Å². The predicted molar refractivity (Wildman–Crippen MR) is 63.6 cm³/mol. The molecule has 1 aromatic rings. The fourth-order valence-electron chi connectivity index (χ4n) is 0.793. The molecule has 3 nitrogen and oxygen atoms in total. The third kappa shape index (κ3) is 9.83. The summed E-state index contributed by atoms with van der Waals surface area (Å²) in [6.07, 6.45) is 0. The van der Waals surface area contributed by atoms with Crippen molar-refractivity contribution in [2.45, 2.75) is 20.8 Å². The summed E-state index contributed by atoms with van der Waals surface area (Å²) < 4.78 is 9.36. The maximum Gasteiger partial charge on any atom is 0.329 e. The van der Waals surface area contributed by atoms with Crippen LogP contribution in [-0.4, -0.2) is 18.1 Å². The molecule has 0 atom stereocenters. The minimum absolute atomic E-state index is 0.502. The van der Waals surface area contributed by atoms with Crippen LogP contribution in [0.5, 0.6) is 0 Å². The van der Waals surface area contributed by atoms with E-state index in [1.54, 1.807) is 0 Å². The molecule has 0 spiro atoms. The van der Waals surface area contributed by atoms with Crippen molar-refractivity contribution < 1.29 is 13.9 Å². The summed E-state index contributed by atoms with van der Waals surface area (Å²) in [6, 6.07) is 10.3. The minimum atomic E-state index is -1.58. The molecule has 0 radical (unpaired) electrons. The van der Waals surface area contributed by atoms with Gasteiger partial charge in [-0.2, -0.15) is 0 Å². The molecule has 0 saturated heterocycles. The van der Waals surface area contributed by atoms with Gasteiger partial charge in [0.25, 0.3) is 0 Å². The normalized spacial score (nSPS) is 9.67. The molecule has 0 unspecified atom stereocenters. The molecule has 0 aliphatic carbocycles. The molecule has 0 bridgehead atoms. The molecule has 1 N–H and O–H groups in total. The Morgan fingerprint density at radius 1 is 1.07 bits per heavy atom. The molecule has 0 fully saturated rings. The van der Waals surface area contributed by atoms with Crippen LogP contribution in [0.3, 0.4) is 0 Å². The van der Waals surface area contributed by atoms with E-state index in [2.05, 4.69) is 28.1 Å². The van der Waals surface area contributed by atoms with Gasteiger partial charge in [0.2, 0.25) is 0 Å². The van der Waals surface area contributed by atoms with Gasteiger partial charge >= 0.3 is 8.60 Å². The zero-order chi connectivity index (χ0) is 11.5. The first kappa shape index (κ1) is 14.5. The van der Waals surface area contributed by atoms with Crippen molar-refractivity contribution in [1.29, 1.82) is 0 Å². The van der Waals surface area contributed by atoms with E-state index >= 15 is 0 Å². The van der Waals surface area contributed by atoms with Crippen LogP contribution in [0.15, 0.2) is 30.3 Å². The molecule has 0 aliphatic heterocycles. The van der Waals surface area contributed by atoms with Crippen LogP contribution in [-0.2, 0) is 9.05 Å². The summed E-state index contributed by atoms with van der Waals surface area (Å²) in [5.41, 5.74) is 1.32. The first-order valence-corrected chi connectivity index (χ1v) is 6.10. The van der Waals surface area contributed by atoms with Gasteiger partial charge in [-0.15, -0.1) is 0 Å². The lowest BCUT2D eigenvalue weighted by atomic mass is 10.2. The third-order valence-electron chi connectivity index (χ3n) is 1.42. The van der Waals surface area contributed by atoms with Gasteiger partial charge < -0.3 is 13.9 Å². The van der Waals surface area contributed by atoms with Crippen LogP contribution in [0.2, 0.25) is 0 Å². The molecule has 86 valence electrons. The fraction of sp³-hybridized carbons (Fsp3) is 0.455. The van der Waals surface area contributed by atoms with Crippen molar-refractivity contribution in [3.8, 4) is 0 Å². The molecule has 1 rings (SSSR count). The van der Waals surface area contributed by atoms with Crippen molar-refractivity contribution in [3.63, 3.8) is 0 Å². The largest absolute Gasteiger partial charge is 0.329 e. The molecule has 0 heterocycles. The zero-order valence-corrected chi connectivity index (χ0v) is 10.4. The van der Waals surface area contributed by atoms with Crippen molar-refractivity contribution in [1.82, 2.24) is 0 Å². The summed E-state index contributed by atoms with van der Waals surface area (Å²) in [7, 11) is -1.58. The highest BCUT2D eigenvalue weighted by atomic mass is 31.2. The second-order valence-corrected chi connectivity index (χ2v) is 3.72. The summed E-state index contributed by atoms with van der Waals surface area (Å²) >= 11 is 0. The van der Waals surface area contributed by atoms with Gasteiger partial charge in [-0.1, -0.05) is 35.9 Å². The van der Waals surface area contributed by atoms with E-state index in [-0.39, 0.29) is 0 Å². The summed E-state index contributed by atoms with van der Waals surface area (Å²) in [5.74, 6) is 0. The second kappa shape index (κ2) is 10.1. The van der Waals surface area contributed by atoms with Crippen molar-refractivity contribution in [2.24, 2.45) is 0 Å². The smallest absolute Gasteiger partial charge is 0.328 e. The highest BCUT2D eigenvalue weighted by Gasteiger charge is 2.00. The van der Waals surface area contributed by atoms with Gasteiger partial charge in [-0.3, -0.25) is 0 Å². The van der Waals surface area contributed by atoms with Gasteiger partial charge in [-0.25, -0.2) is 0 Å². The molecular formula is C11H19O3P. The van der Waals surface area contributed by atoms with Crippen LogP contribution in [0.4, 0.5) is 0 Å². The number of hydrogen-bond acceptors (Lipinski definition) is 3. The predicted octanol–water partition coefficient (Wildman–Crippen LogP) is 3.27. The Morgan fingerprint density at radius 2 is 1.53 bits per heavy atom. The van der Waals surface area contributed by atoms with E-state index in [4.69, 9.17) is 4.89 Å². The summed E-state index contributed by atoms with van der Waals surface area (Å²) in [6.45, 7) is 6.71. The van der Waals surface area contributed by atoms with Gasteiger partial charge in [0.1, 0.15) is 0 Å². The molecule has 15 heavy (non-hydrogen) atoms. The average molecular weight is 230 g/mol. The SMILES string of the molecule is CCOP(O)OCC.Cc1ccccc1. The third-order valence-corrected chi connectivity index (χ3v) is 2.38. The van der Waals surface area contributed by atoms with Crippen LogP contribution < -0.4 is 0 Å². The lowest BCUT2D eigenvalue weighted by Gasteiger charge is -2.05. The van der Waals surface area contributed by atoms with E-state index in [9.17, 15) is 0 Å². The molecule has 1 aromatic carbocycles. The Morgan fingerprint density at radius 3 is 1.80 bits per heavy atom. The van der Waals surface area contributed by atoms with E-state index in [1.165, 1.54) is 5.56 Å². The number of benzene rings is 1. The number of hydrogen-bond donors (Lipinski definition) is 1. The van der Waals surface area contributed by atoms with Gasteiger partial charge in [0, 0.05) is 0 Å². The van der Waals surface area contributed by atoms with Gasteiger partial charge in [0.05, 0.1) is 13.2 Å². The van der Waals surface area contributed by atoms with Crippen molar-refractivity contribution in [2.75, 3.05) is 13.2 Å². The quantitative estimate of drug-likeness (QED) is 0.807. The van der Waals surface area contributed by atoms with E-state index in [1.807, 2.05) is 32.0 Å². The molecule has 0 amide bonds. The molecular weight excluding hydrogens is 211 g/mol. The highest BCUT2D eigenvalue weighted by molar-refractivity contribution is 7.40. The first-order valence-electron chi connectivity index (χ1n) is 4.97. The van der Waals surface area contributed by atoms with Crippen LogP contribution in [0, 0.1) is 6.92 Å². The maximum atomic E-state index is 8.67. The lowest BCUT2D eigenvalue weighted by molar-refractivity contribution is 0.216. The Kier molecular flexibility index (Phi) is 9.75. The highest BCUT2D eigenvalue weighted by Crippen LogP contribution is 2.31.